The van der Waals surface area contributed by atoms with Crippen LogP contribution in [0.2, 0.25) is 0 Å². The highest BCUT2D eigenvalue weighted by molar-refractivity contribution is 7.99. The highest BCUT2D eigenvalue weighted by Gasteiger charge is 2.16. The number of nitro benzene ring substituents is 1. The van der Waals surface area contributed by atoms with Crippen LogP contribution in [0.5, 0.6) is 5.75 Å². The summed E-state index contributed by atoms with van der Waals surface area (Å²) in [7, 11) is 1.45. The number of aryl methyl sites for hydroxylation is 1. The molecule has 1 heterocycles. The number of H-pyrrole nitrogens is 1. The maximum atomic E-state index is 12.7. The zero-order chi connectivity index (χ0) is 24.0. The third-order valence-electron chi connectivity index (χ3n) is 4.28. The number of nitriles is 1. The van der Waals surface area contributed by atoms with Crippen molar-refractivity contribution in [2.45, 2.75) is 17.0 Å². The summed E-state index contributed by atoms with van der Waals surface area (Å²) < 4.78 is 5.19. The Bertz CT molecular complexity index is 1360. The molecule has 0 saturated carbocycles. The fraction of sp³-hybridized carbons (Fsp3) is 0.0909. The topological polar surface area (TPSA) is 151 Å². The summed E-state index contributed by atoms with van der Waals surface area (Å²) in [6.45, 7) is 1.66. The van der Waals surface area contributed by atoms with Gasteiger partial charge in [-0.15, -0.1) is 0 Å². The molecule has 0 spiro atoms. The van der Waals surface area contributed by atoms with E-state index in [1.54, 1.807) is 31.2 Å². The fourth-order valence-corrected chi connectivity index (χ4v) is 3.72. The van der Waals surface area contributed by atoms with Gasteiger partial charge < -0.3 is 15.0 Å². The first-order chi connectivity index (χ1) is 15.8. The van der Waals surface area contributed by atoms with Crippen LogP contribution < -0.4 is 15.6 Å². The molecule has 0 fully saturated rings. The molecule has 33 heavy (non-hydrogen) atoms. The number of nitro groups is 1. The van der Waals surface area contributed by atoms with Gasteiger partial charge in [0, 0.05) is 28.8 Å². The van der Waals surface area contributed by atoms with E-state index >= 15 is 0 Å². The Balaban J connectivity index is 2.01. The Morgan fingerprint density at radius 1 is 1.30 bits per heavy atom. The number of amides is 1. The first kappa shape index (κ1) is 23.2. The van der Waals surface area contributed by atoms with Gasteiger partial charge in [-0.1, -0.05) is 23.9 Å². The second kappa shape index (κ2) is 10.3. The Kier molecular flexibility index (Phi) is 7.22. The van der Waals surface area contributed by atoms with Gasteiger partial charge in [0.15, 0.2) is 5.16 Å². The maximum Gasteiger partial charge on any atom is 0.270 e. The summed E-state index contributed by atoms with van der Waals surface area (Å²) >= 11 is 1.04. The zero-order valence-corrected chi connectivity index (χ0v) is 18.3. The Morgan fingerprint density at radius 3 is 2.73 bits per heavy atom. The van der Waals surface area contributed by atoms with Crippen LogP contribution in [0.3, 0.4) is 0 Å². The third kappa shape index (κ3) is 5.84. The number of nitrogens with zero attached hydrogens (tertiary/aromatic N) is 3. The van der Waals surface area contributed by atoms with E-state index in [9.17, 15) is 25.0 Å². The minimum absolute atomic E-state index is 0.223. The average Bonchev–Trinajstić information content (AvgIpc) is 2.77. The molecule has 1 amide bonds. The number of hydrogen-bond acceptors (Lipinski definition) is 8. The van der Waals surface area contributed by atoms with Crippen LogP contribution in [0.15, 0.2) is 69.0 Å². The molecule has 3 rings (SSSR count). The van der Waals surface area contributed by atoms with E-state index in [4.69, 9.17) is 4.74 Å². The van der Waals surface area contributed by atoms with Crippen molar-refractivity contribution < 1.29 is 14.5 Å². The SMILES string of the molecule is COc1ccccc1NC(=O)/C(C#N)=C/c1cc([N+](=O)[O-])ccc1Sc1nc(C)cc(=O)[nH]1. The number of anilines is 1. The second-order valence-corrected chi connectivity index (χ2v) is 7.63. The molecule has 0 radical (unpaired) electrons. The molecule has 2 aromatic carbocycles. The second-order valence-electron chi connectivity index (χ2n) is 6.60. The third-order valence-corrected chi connectivity index (χ3v) is 5.26. The average molecular weight is 463 g/mol. The van der Waals surface area contributed by atoms with Crippen molar-refractivity contribution in [1.29, 1.82) is 5.26 Å². The molecule has 11 heteroatoms. The lowest BCUT2D eigenvalue weighted by Crippen LogP contribution is -2.14. The molecule has 0 aliphatic carbocycles. The van der Waals surface area contributed by atoms with Gasteiger partial charge in [-0.2, -0.15) is 5.26 Å². The minimum atomic E-state index is -0.716. The molecule has 2 N–H and O–H groups in total. The number of hydrogen-bond donors (Lipinski definition) is 2. The van der Waals surface area contributed by atoms with Crippen LogP contribution in [-0.2, 0) is 4.79 Å². The van der Waals surface area contributed by atoms with Crippen molar-refractivity contribution in [3.8, 4) is 11.8 Å². The highest BCUT2D eigenvalue weighted by atomic mass is 32.2. The molecule has 0 saturated heterocycles. The van der Waals surface area contributed by atoms with E-state index in [1.165, 1.54) is 37.5 Å². The van der Waals surface area contributed by atoms with Crippen LogP contribution in [0.25, 0.3) is 6.08 Å². The van der Waals surface area contributed by atoms with Gasteiger partial charge in [0.25, 0.3) is 17.2 Å². The Labute approximate surface area is 192 Å². The number of para-hydroxylation sites is 2. The van der Waals surface area contributed by atoms with E-state index in [0.717, 1.165) is 11.8 Å². The molecule has 3 aromatic rings. The van der Waals surface area contributed by atoms with E-state index in [0.29, 0.717) is 22.0 Å². The summed E-state index contributed by atoms with van der Waals surface area (Å²) in [6.07, 6.45) is 1.24. The summed E-state index contributed by atoms with van der Waals surface area (Å²) in [5.74, 6) is -0.309. The summed E-state index contributed by atoms with van der Waals surface area (Å²) in [6, 6.07) is 13.8. The molecular formula is C22H17N5O5S. The normalized spacial score (nSPS) is 10.9. The molecule has 166 valence electrons. The molecular weight excluding hydrogens is 446 g/mol. The number of benzene rings is 2. The van der Waals surface area contributed by atoms with Gasteiger partial charge in [0.1, 0.15) is 17.4 Å². The van der Waals surface area contributed by atoms with Crippen LogP contribution in [0, 0.1) is 28.4 Å². The van der Waals surface area contributed by atoms with Gasteiger partial charge in [0.2, 0.25) is 0 Å². The predicted molar refractivity (Wildman–Crippen MR) is 122 cm³/mol. The van der Waals surface area contributed by atoms with Gasteiger partial charge >= 0.3 is 0 Å². The number of rotatable bonds is 7. The van der Waals surface area contributed by atoms with Crippen molar-refractivity contribution in [2.24, 2.45) is 0 Å². The molecule has 0 atom stereocenters. The van der Waals surface area contributed by atoms with Crippen LogP contribution in [0.4, 0.5) is 11.4 Å². The van der Waals surface area contributed by atoms with Crippen LogP contribution in [-0.4, -0.2) is 27.9 Å². The monoisotopic (exact) mass is 463 g/mol. The van der Waals surface area contributed by atoms with Gasteiger partial charge in [-0.05, 0) is 36.8 Å². The van der Waals surface area contributed by atoms with Crippen molar-refractivity contribution in [1.82, 2.24) is 9.97 Å². The molecule has 0 aliphatic heterocycles. The Hall–Kier alpha value is -4.43. The quantitative estimate of drug-likeness (QED) is 0.177. The lowest BCUT2D eigenvalue weighted by molar-refractivity contribution is -0.384. The molecule has 0 unspecified atom stereocenters. The van der Waals surface area contributed by atoms with Gasteiger partial charge in [-0.3, -0.25) is 19.7 Å². The van der Waals surface area contributed by atoms with Crippen molar-refractivity contribution >= 4 is 35.1 Å². The smallest absolute Gasteiger partial charge is 0.270 e. The zero-order valence-electron chi connectivity index (χ0n) is 17.5. The first-order valence-corrected chi connectivity index (χ1v) is 10.2. The Morgan fingerprint density at radius 2 is 2.06 bits per heavy atom. The van der Waals surface area contributed by atoms with Crippen LogP contribution in [0.1, 0.15) is 11.3 Å². The number of nitrogens with one attached hydrogen (secondary N) is 2. The lowest BCUT2D eigenvalue weighted by Gasteiger charge is -2.10. The van der Waals surface area contributed by atoms with E-state index in [-0.39, 0.29) is 27.5 Å². The first-order valence-electron chi connectivity index (χ1n) is 9.41. The molecule has 1 aromatic heterocycles. The van der Waals surface area contributed by atoms with Crippen molar-refractivity contribution in [3.05, 3.63) is 85.8 Å². The number of methoxy groups -OCH3 is 1. The van der Waals surface area contributed by atoms with Gasteiger partial charge in [0.05, 0.1) is 17.7 Å². The number of ether oxygens (including phenoxy) is 1. The van der Waals surface area contributed by atoms with Crippen LogP contribution >= 0.6 is 11.8 Å². The number of carbonyl (C=O) groups is 1. The molecule has 0 bridgehead atoms. The van der Waals surface area contributed by atoms with Crippen molar-refractivity contribution in [3.63, 3.8) is 0 Å². The standard InChI is InChI=1S/C22H17N5O5S/c1-13-9-20(28)26-22(24-13)33-19-8-7-16(27(30)31)11-14(19)10-15(12-23)21(29)25-17-5-3-4-6-18(17)32-2/h3-11H,1-2H3,(H,25,29)(H,24,26,28)/b15-10+. The summed E-state index contributed by atoms with van der Waals surface area (Å²) in [5.41, 5.74) is 0.242. The van der Waals surface area contributed by atoms with Crippen molar-refractivity contribution in [2.75, 3.05) is 12.4 Å². The number of aromatic amines is 1. The lowest BCUT2D eigenvalue weighted by atomic mass is 10.1. The predicted octanol–water partition coefficient (Wildman–Crippen LogP) is 3.69. The molecule has 0 aliphatic rings. The van der Waals surface area contributed by atoms with E-state index in [2.05, 4.69) is 15.3 Å². The molecule has 10 nitrogen and oxygen atoms in total. The minimum Gasteiger partial charge on any atom is -0.495 e. The fourth-order valence-electron chi connectivity index (χ4n) is 2.80. The highest BCUT2D eigenvalue weighted by Crippen LogP contribution is 2.32. The number of carbonyl (C=O) groups excluding carboxylic acids is 1. The largest absolute Gasteiger partial charge is 0.495 e. The van der Waals surface area contributed by atoms with E-state index < -0.39 is 10.8 Å². The number of non-ortho nitro benzene ring substituents is 1. The summed E-state index contributed by atoms with van der Waals surface area (Å²) in [5, 5.41) is 23.7. The summed E-state index contributed by atoms with van der Waals surface area (Å²) in [4.78, 5) is 42.4. The maximum absolute atomic E-state index is 12.7. The number of aromatic nitrogens is 2. The van der Waals surface area contributed by atoms with Gasteiger partial charge in [-0.25, -0.2) is 4.98 Å². The van der Waals surface area contributed by atoms with E-state index in [1.807, 2.05) is 6.07 Å².